The molecule has 0 bridgehead atoms. The number of hydrogen-bond acceptors (Lipinski definition) is 4. The number of thiazole rings is 1. The number of nitrogens with one attached hydrogen (secondary N) is 1. The van der Waals surface area contributed by atoms with Crippen LogP contribution in [0.1, 0.15) is 19.4 Å². The molecule has 1 amide bonds. The van der Waals surface area contributed by atoms with Gasteiger partial charge in [0.25, 0.3) is 0 Å². The molecule has 4 nitrogen and oxygen atoms in total. The SMILES string of the molecule is CC(C)Oc1cccc(/C=C/C(=O)Nc2nccs2)c1. The molecular formula is C15H16N2O2S. The zero-order valence-electron chi connectivity index (χ0n) is 11.4. The van der Waals surface area contributed by atoms with Crippen molar-refractivity contribution < 1.29 is 9.53 Å². The van der Waals surface area contributed by atoms with Gasteiger partial charge in [-0.25, -0.2) is 4.98 Å². The molecule has 0 saturated heterocycles. The number of anilines is 1. The number of rotatable bonds is 5. The quantitative estimate of drug-likeness (QED) is 0.855. The summed E-state index contributed by atoms with van der Waals surface area (Å²) in [5, 5.41) is 5.09. The molecule has 0 unspecified atom stereocenters. The van der Waals surface area contributed by atoms with E-state index in [9.17, 15) is 4.79 Å². The third-order valence-electron chi connectivity index (χ3n) is 2.32. The second kappa shape index (κ2) is 6.86. The van der Waals surface area contributed by atoms with E-state index in [1.807, 2.05) is 43.5 Å². The minimum Gasteiger partial charge on any atom is -0.491 e. The number of benzene rings is 1. The summed E-state index contributed by atoms with van der Waals surface area (Å²) in [7, 11) is 0. The van der Waals surface area contributed by atoms with Gasteiger partial charge in [0.05, 0.1) is 6.10 Å². The number of nitrogens with zero attached hydrogens (tertiary/aromatic N) is 1. The Balaban J connectivity index is 1.98. The van der Waals surface area contributed by atoms with E-state index in [2.05, 4.69) is 10.3 Å². The van der Waals surface area contributed by atoms with Crippen LogP contribution in [0.15, 0.2) is 41.9 Å². The first-order valence-corrected chi connectivity index (χ1v) is 7.17. The van der Waals surface area contributed by atoms with Crippen molar-refractivity contribution in [1.29, 1.82) is 0 Å². The number of amides is 1. The fraction of sp³-hybridized carbons (Fsp3) is 0.200. The Morgan fingerprint density at radius 2 is 2.30 bits per heavy atom. The van der Waals surface area contributed by atoms with E-state index in [1.165, 1.54) is 17.4 Å². The first-order valence-electron chi connectivity index (χ1n) is 6.29. The van der Waals surface area contributed by atoms with Crippen LogP contribution in [-0.2, 0) is 4.79 Å². The van der Waals surface area contributed by atoms with Crippen molar-refractivity contribution in [2.24, 2.45) is 0 Å². The molecule has 0 spiro atoms. The minimum absolute atomic E-state index is 0.127. The summed E-state index contributed by atoms with van der Waals surface area (Å²) in [4.78, 5) is 15.7. The van der Waals surface area contributed by atoms with E-state index < -0.39 is 0 Å². The van der Waals surface area contributed by atoms with Gasteiger partial charge in [-0.15, -0.1) is 11.3 Å². The number of aromatic nitrogens is 1. The molecule has 0 saturated carbocycles. The average Bonchev–Trinajstić information content (AvgIpc) is 2.89. The first-order chi connectivity index (χ1) is 9.63. The summed E-state index contributed by atoms with van der Waals surface area (Å²) in [5.74, 6) is 0.595. The van der Waals surface area contributed by atoms with Gasteiger partial charge in [-0.1, -0.05) is 12.1 Å². The maximum atomic E-state index is 11.7. The molecule has 104 valence electrons. The molecule has 0 atom stereocenters. The molecule has 0 aliphatic rings. The summed E-state index contributed by atoms with van der Waals surface area (Å²) in [6.07, 6.45) is 5.00. The molecule has 2 rings (SSSR count). The maximum absolute atomic E-state index is 11.7. The van der Waals surface area contributed by atoms with E-state index >= 15 is 0 Å². The molecule has 2 aromatic rings. The van der Waals surface area contributed by atoms with Crippen molar-refractivity contribution in [2.75, 3.05) is 5.32 Å². The van der Waals surface area contributed by atoms with Crippen molar-refractivity contribution in [1.82, 2.24) is 4.98 Å². The molecule has 1 aromatic heterocycles. The van der Waals surface area contributed by atoms with Gasteiger partial charge in [0.15, 0.2) is 5.13 Å². The summed E-state index contributed by atoms with van der Waals surface area (Å²) < 4.78 is 5.60. The molecule has 1 aromatic carbocycles. The maximum Gasteiger partial charge on any atom is 0.250 e. The van der Waals surface area contributed by atoms with E-state index in [0.717, 1.165) is 11.3 Å². The topological polar surface area (TPSA) is 51.2 Å². The van der Waals surface area contributed by atoms with Crippen LogP contribution < -0.4 is 10.1 Å². The lowest BCUT2D eigenvalue weighted by molar-refractivity contribution is -0.111. The van der Waals surface area contributed by atoms with Gasteiger partial charge < -0.3 is 4.74 Å². The van der Waals surface area contributed by atoms with Gasteiger partial charge in [0.2, 0.25) is 5.91 Å². The van der Waals surface area contributed by atoms with E-state index in [1.54, 1.807) is 12.3 Å². The van der Waals surface area contributed by atoms with Gasteiger partial charge in [0.1, 0.15) is 5.75 Å². The smallest absolute Gasteiger partial charge is 0.250 e. The van der Waals surface area contributed by atoms with E-state index in [0.29, 0.717) is 5.13 Å². The Bertz CT molecular complexity index is 592. The van der Waals surface area contributed by atoms with Gasteiger partial charge >= 0.3 is 0 Å². The number of hydrogen-bond donors (Lipinski definition) is 1. The van der Waals surface area contributed by atoms with Crippen LogP contribution in [-0.4, -0.2) is 17.0 Å². The second-order valence-corrected chi connectivity index (χ2v) is 5.29. The molecule has 5 heteroatoms. The van der Waals surface area contributed by atoms with Gasteiger partial charge in [-0.3, -0.25) is 10.1 Å². The van der Waals surface area contributed by atoms with Crippen LogP contribution in [0.2, 0.25) is 0 Å². The highest BCUT2D eigenvalue weighted by molar-refractivity contribution is 7.13. The zero-order valence-corrected chi connectivity index (χ0v) is 12.2. The Morgan fingerprint density at radius 3 is 3.00 bits per heavy atom. The summed E-state index contributed by atoms with van der Waals surface area (Å²) in [6, 6.07) is 7.61. The largest absolute Gasteiger partial charge is 0.491 e. The van der Waals surface area contributed by atoms with Crippen molar-refractivity contribution in [3.05, 3.63) is 47.5 Å². The van der Waals surface area contributed by atoms with Crippen LogP contribution >= 0.6 is 11.3 Å². The Labute approximate surface area is 122 Å². The van der Waals surface area contributed by atoms with Crippen LogP contribution in [0.5, 0.6) is 5.75 Å². The average molecular weight is 288 g/mol. The van der Waals surface area contributed by atoms with Crippen LogP contribution in [0.4, 0.5) is 5.13 Å². The molecular weight excluding hydrogens is 272 g/mol. The standard InChI is InChI=1S/C15H16N2O2S/c1-11(2)19-13-5-3-4-12(10-13)6-7-14(18)17-15-16-8-9-20-15/h3-11H,1-2H3,(H,16,17,18)/b7-6+. The fourth-order valence-corrected chi connectivity index (χ4v) is 2.10. The molecule has 0 aliphatic heterocycles. The highest BCUT2D eigenvalue weighted by Gasteiger charge is 2.00. The predicted octanol–water partition coefficient (Wildman–Crippen LogP) is 3.58. The summed E-state index contributed by atoms with van der Waals surface area (Å²) in [6.45, 7) is 3.95. The third kappa shape index (κ3) is 4.51. The van der Waals surface area contributed by atoms with E-state index in [-0.39, 0.29) is 12.0 Å². The van der Waals surface area contributed by atoms with Crippen LogP contribution in [0, 0.1) is 0 Å². The van der Waals surface area contributed by atoms with Gasteiger partial charge in [-0.2, -0.15) is 0 Å². The molecule has 0 fully saturated rings. The second-order valence-electron chi connectivity index (χ2n) is 4.40. The van der Waals surface area contributed by atoms with E-state index in [4.69, 9.17) is 4.74 Å². The molecule has 1 N–H and O–H groups in total. The molecule has 0 aliphatic carbocycles. The molecule has 0 radical (unpaired) electrons. The summed E-state index contributed by atoms with van der Waals surface area (Å²) >= 11 is 1.39. The van der Waals surface area contributed by atoms with Crippen molar-refractivity contribution in [2.45, 2.75) is 20.0 Å². The van der Waals surface area contributed by atoms with Crippen molar-refractivity contribution in [3.63, 3.8) is 0 Å². The number of ether oxygens (including phenoxy) is 1. The minimum atomic E-state index is -0.199. The van der Waals surface area contributed by atoms with Crippen LogP contribution in [0.25, 0.3) is 6.08 Å². The first kappa shape index (κ1) is 14.3. The predicted molar refractivity (Wildman–Crippen MR) is 82.0 cm³/mol. The van der Waals surface area contributed by atoms with Crippen molar-refractivity contribution in [3.8, 4) is 5.75 Å². The lowest BCUT2D eigenvalue weighted by Crippen LogP contribution is -2.07. The zero-order chi connectivity index (χ0) is 14.4. The lowest BCUT2D eigenvalue weighted by atomic mass is 10.2. The molecule has 1 heterocycles. The monoisotopic (exact) mass is 288 g/mol. The Hall–Kier alpha value is -2.14. The highest BCUT2D eigenvalue weighted by atomic mass is 32.1. The van der Waals surface area contributed by atoms with Crippen LogP contribution in [0.3, 0.4) is 0 Å². The highest BCUT2D eigenvalue weighted by Crippen LogP contribution is 2.16. The third-order valence-corrected chi connectivity index (χ3v) is 3.01. The molecule has 20 heavy (non-hydrogen) atoms. The summed E-state index contributed by atoms with van der Waals surface area (Å²) in [5.41, 5.74) is 0.914. The van der Waals surface area contributed by atoms with Gasteiger partial charge in [-0.05, 0) is 37.6 Å². The Morgan fingerprint density at radius 1 is 1.45 bits per heavy atom. The number of carbonyl (C=O) groups excluding carboxylic acids is 1. The van der Waals surface area contributed by atoms with Crippen molar-refractivity contribution >= 4 is 28.5 Å². The fourth-order valence-electron chi connectivity index (χ4n) is 1.57. The normalized spacial score (nSPS) is 10.9. The lowest BCUT2D eigenvalue weighted by Gasteiger charge is -2.09. The number of carbonyl (C=O) groups is 1. The van der Waals surface area contributed by atoms with Gasteiger partial charge in [0, 0.05) is 17.7 Å². The Kier molecular flexibility index (Phi) is 4.90.